The molecular formula is C15H15N3O3S2. The third-order valence-corrected chi connectivity index (χ3v) is 5.09. The van der Waals surface area contributed by atoms with Crippen LogP contribution < -0.4 is 5.32 Å². The predicted octanol–water partition coefficient (Wildman–Crippen LogP) is 3.96. The molecule has 8 heteroatoms. The number of thiazole rings is 1. The molecule has 1 amide bonds. The van der Waals surface area contributed by atoms with Crippen LogP contribution in [-0.2, 0) is 10.5 Å². The largest absolute Gasteiger partial charge is 0.462 e. The summed E-state index contributed by atoms with van der Waals surface area (Å²) in [5.41, 5.74) is 1.66. The molecule has 120 valence electrons. The van der Waals surface area contributed by atoms with Crippen LogP contribution in [0, 0.1) is 6.92 Å². The van der Waals surface area contributed by atoms with E-state index >= 15 is 0 Å². The standard InChI is InChI=1S/C15H15N3O3S2/c1-9-6-13(21-18-9)17-14(19)10(2)22-7-11-8-23-15(16-11)12-4-3-5-20-12/h3-6,8,10H,7H2,1-2H3,(H,17,19). The number of carbonyl (C=O) groups is 1. The van der Waals surface area contributed by atoms with E-state index in [0.29, 0.717) is 11.6 Å². The lowest BCUT2D eigenvalue weighted by atomic mass is 10.4. The Morgan fingerprint density at radius 2 is 2.39 bits per heavy atom. The van der Waals surface area contributed by atoms with E-state index in [1.165, 1.54) is 23.1 Å². The van der Waals surface area contributed by atoms with Crippen molar-refractivity contribution in [1.29, 1.82) is 0 Å². The van der Waals surface area contributed by atoms with Gasteiger partial charge in [-0.25, -0.2) is 4.98 Å². The monoisotopic (exact) mass is 349 g/mol. The maximum Gasteiger partial charge on any atom is 0.239 e. The smallest absolute Gasteiger partial charge is 0.239 e. The van der Waals surface area contributed by atoms with Crippen LogP contribution in [0.2, 0.25) is 0 Å². The number of hydrogen-bond donors (Lipinski definition) is 1. The zero-order valence-electron chi connectivity index (χ0n) is 12.6. The second kappa shape index (κ2) is 7.01. The molecule has 1 N–H and O–H groups in total. The zero-order chi connectivity index (χ0) is 16.2. The average molecular weight is 349 g/mol. The third kappa shape index (κ3) is 4.02. The SMILES string of the molecule is Cc1cc(NC(=O)C(C)SCc2csc(-c3ccco3)n2)on1. The second-order valence-electron chi connectivity index (χ2n) is 4.90. The number of amides is 1. The van der Waals surface area contributed by atoms with Gasteiger partial charge >= 0.3 is 0 Å². The molecule has 0 saturated carbocycles. The number of furan rings is 1. The van der Waals surface area contributed by atoms with Crippen molar-refractivity contribution in [3.05, 3.63) is 41.2 Å². The van der Waals surface area contributed by atoms with E-state index < -0.39 is 0 Å². The average Bonchev–Trinajstić information content (AvgIpc) is 3.26. The van der Waals surface area contributed by atoms with Crippen molar-refractivity contribution >= 4 is 34.9 Å². The van der Waals surface area contributed by atoms with Gasteiger partial charge in [0.25, 0.3) is 0 Å². The van der Waals surface area contributed by atoms with Crippen molar-refractivity contribution in [2.24, 2.45) is 0 Å². The summed E-state index contributed by atoms with van der Waals surface area (Å²) < 4.78 is 10.3. The highest BCUT2D eigenvalue weighted by molar-refractivity contribution is 7.99. The summed E-state index contributed by atoms with van der Waals surface area (Å²) in [7, 11) is 0. The Morgan fingerprint density at radius 3 is 3.09 bits per heavy atom. The quantitative estimate of drug-likeness (QED) is 0.725. The lowest BCUT2D eigenvalue weighted by Gasteiger charge is -2.08. The number of carbonyl (C=O) groups excluding carboxylic acids is 1. The lowest BCUT2D eigenvalue weighted by molar-refractivity contribution is -0.115. The number of rotatable bonds is 6. The highest BCUT2D eigenvalue weighted by Crippen LogP contribution is 2.27. The molecule has 0 aliphatic carbocycles. The van der Waals surface area contributed by atoms with Crippen molar-refractivity contribution in [2.75, 3.05) is 5.32 Å². The summed E-state index contributed by atoms with van der Waals surface area (Å²) in [6, 6.07) is 5.40. The van der Waals surface area contributed by atoms with Crippen LogP contribution in [0.1, 0.15) is 18.3 Å². The van der Waals surface area contributed by atoms with Gasteiger partial charge in [0.1, 0.15) is 0 Å². The van der Waals surface area contributed by atoms with Crippen molar-refractivity contribution in [3.8, 4) is 10.8 Å². The Morgan fingerprint density at radius 1 is 1.52 bits per heavy atom. The number of anilines is 1. The fourth-order valence-electron chi connectivity index (χ4n) is 1.82. The van der Waals surface area contributed by atoms with E-state index in [2.05, 4.69) is 15.5 Å². The molecule has 0 fully saturated rings. The Hall–Kier alpha value is -2.06. The topological polar surface area (TPSA) is 81.2 Å². The van der Waals surface area contributed by atoms with E-state index in [1.54, 1.807) is 19.3 Å². The second-order valence-corrected chi connectivity index (χ2v) is 7.08. The van der Waals surface area contributed by atoms with Gasteiger partial charge in [0, 0.05) is 17.2 Å². The van der Waals surface area contributed by atoms with E-state index in [0.717, 1.165) is 22.2 Å². The molecular weight excluding hydrogens is 334 g/mol. The molecule has 23 heavy (non-hydrogen) atoms. The maximum absolute atomic E-state index is 12.1. The third-order valence-electron chi connectivity index (χ3n) is 3.01. The molecule has 3 aromatic rings. The van der Waals surface area contributed by atoms with E-state index in [9.17, 15) is 4.79 Å². The van der Waals surface area contributed by atoms with Crippen LogP contribution in [0.4, 0.5) is 5.88 Å². The minimum absolute atomic E-state index is 0.118. The van der Waals surface area contributed by atoms with Gasteiger partial charge in [0.05, 0.1) is 22.9 Å². The lowest BCUT2D eigenvalue weighted by Crippen LogP contribution is -2.22. The molecule has 3 heterocycles. The Kier molecular flexibility index (Phi) is 4.82. The highest BCUT2D eigenvalue weighted by Gasteiger charge is 2.16. The van der Waals surface area contributed by atoms with Gasteiger partial charge in [0.15, 0.2) is 10.8 Å². The van der Waals surface area contributed by atoms with Crippen LogP contribution in [0.25, 0.3) is 10.8 Å². The van der Waals surface area contributed by atoms with Crippen molar-refractivity contribution in [3.63, 3.8) is 0 Å². The molecule has 1 atom stereocenters. The summed E-state index contributed by atoms with van der Waals surface area (Å²) in [4.78, 5) is 16.6. The zero-order valence-corrected chi connectivity index (χ0v) is 14.2. The summed E-state index contributed by atoms with van der Waals surface area (Å²) in [6.45, 7) is 3.65. The highest BCUT2D eigenvalue weighted by atomic mass is 32.2. The molecule has 0 bridgehead atoms. The molecule has 1 unspecified atom stereocenters. The van der Waals surface area contributed by atoms with Gasteiger partial charge < -0.3 is 8.94 Å². The molecule has 0 radical (unpaired) electrons. The number of aromatic nitrogens is 2. The minimum Gasteiger partial charge on any atom is -0.462 e. The summed E-state index contributed by atoms with van der Waals surface area (Å²) in [5, 5.41) is 9.04. The van der Waals surface area contributed by atoms with Crippen molar-refractivity contribution in [2.45, 2.75) is 24.9 Å². The van der Waals surface area contributed by atoms with Crippen LogP contribution in [0.15, 0.2) is 38.8 Å². The molecule has 0 aliphatic heterocycles. The van der Waals surface area contributed by atoms with Crippen LogP contribution in [0.5, 0.6) is 0 Å². The first kappa shape index (κ1) is 15.8. The minimum atomic E-state index is -0.228. The van der Waals surface area contributed by atoms with Crippen LogP contribution >= 0.6 is 23.1 Å². The number of nitrogens with zero attached hydrogens (tertiary/aromatic N) is 2. The summed E-state index contributed by atoms with van der Waals surface area (Å²) >= 11 is 3.04. The first-order valence-corrected chi connectivity index (χ1v) is 8.89. The van der Waals surface area contributed by atoms with E-state index in [1.807, 2.05) is 24.4 Å². The summed E-state index contributed by atoms with van der Waals surface area (Å²) in [5.74, 6) is 1.67. The summed E-state index contributed by atoms with van der Waals surface area (Å²) in [6.07, 6.45) is 1.63. The van der Waals surface area contributed by atoms with Gasteiger partial charge in [-0.05, 0) is 26.0 Å². The van der Waals surface area contributed by atoms with Crippen LogP contribution in [-0.4, -0.2) is 21.3 Å². The van der Waals surface area contributed by atoms with E-state index in [4.69, 9.17) is 8.94 Å². The van der Waals surface area contributed by atoms with Gasteiger partial charge in [-0.15, -0.1) is 23.1 Å². The predicted molar refractivity (Wildman–Crippen MR) is 90.4 cm³/mol. The first-order valence-electron chi connectivity index (χ1n) is 6.96. The van der Waals surface area contributed by atoms with E-state index in [-0.39, 0.29) is 11.2 Å². The Labute approximate surface area is 141 Å². The van der Waals surface area contributed by atoms with Crippen LogP contribution in [0.3, 0.4) is 0 Å². The Bertz CT molecular complexity index is 780. The van der Waals surface area contributed by atoms with Gasteiger partial charge in [-0.2, -0.15) is 0 Å². The van der Waals surface area contributed by atoms with Gasteiger partial charge in [-0.3, -0.25) is 10.1 Å². The van der Waals surface area contributed by atoms with Crippen molar-refractivity contribution in [1.82, 2.24) is 10.1 Å². The van der Waals surface area contributed by atoms with Gasteiger partial charge in [-0.1, -0.05) is 5.16 Å². The maximum atomic E-state index is 12.1. The molecule has 3 aromatic heterocycles. The Balaban J connectivity index is 1.52. The molecule has 3 rings (SSSR count). The fraction of sp³-hybridized carbons (Fsp3) is 0.267. The molecule has 0 aliphatic rings. The number of hydrogen-bond acceptors (Lipinski definition) is 7. The fourth-order valence-corrected chi connectivity index (χ4v) is 3.49. The number of thioether (sulfide) groups is 1. The molecule has 6 nitrogen and oxygen atoms in total. The van der Waals surface area contributed by atoms with Crippen molar-refractivity contribution < 1.29 is 13.7 Å². The molecule has 0 aromatic carbocycles. The first-order chi connectivity index (χ1) is 11.1. The molecule has 0 spiro atoms. The number of aryl methyl sites for hydroxylation is 1. The normalized spacial score (nSPS) is 12.3. The number of nitrogens with one attached hydrogen (secondary N) is 1. The molecule has 0 saturated heterocycles. The van der Waals surface area contributed by atoms with Gasteiger partial charge in [0.2, 0.25) is 11.8 Å².